The second-order valence-corrected chi connectivity index (χ2v) is 3.14. The predicted octanol–water partition coefficient (Wildman–Crippen LogP) is 2.26. The monoisotopic (exact) mass is 196 g/mol. The topological polar surface area (TPSA) is 37.5 Å². The summed E-state index contributed by atoms with van der Waals surface area (Å²) in [5.41, 5.74) is 0.584. The Kier molecular flexibility index (Phi) is 1.88. The summed E-state index contributed by atoms with van der Waals surface area (Å²) in [7, 11) is 0. The molecular formula is C9H9ClN2O. The second kappa shape index (κ2) is 2.92. The third-order valence-electron chi connectivity index (χ3n) is 1.99. The molecule has 0 saturated carbocycles. The Morgan fingerprint density at radius 3 is 3.08 bits per heavy atom. The number of hydrogen-bond donors (Lipinski definition) is 1. The fraction of sp³-hybridized carbons (Fsp3) is 0.222. The maximum Gasteiger partial charge on any atom is 0.158 e. The molecule has 0 aliphatic carbocycles. The van der Waals surface area contributed by atoms with Crippen LogP contribution in [0.2, 0.25) is 5.15 Å². The molecule has 3 nitrogen and oxygen atoms in total. The van der Waals surface area contributed by atoms with E-state index in [1.54, 1.807) is 16.5 Å². The number of rotatable bonds is 1. The smallest absolute Gasteiger partial charge is 0.158 e. The van der Waals surface area contributed by atoms with E-state index in [9.17, 15) is 5.11 Å². The average molecular weight is 197 g/mol. The van der Waals surface area contributed by atoms with Gasteiger partial charge in [-0.25, -0.2) is 4.98 Å². The highest BCUT2D eigenvalue weighted by Gasteiger charge is 2.10. The highest BCUT2D eigenvalue weighted by molar-refractivity contribution is 6.33. The van der Waals surface area contributed by atoms with Gasteiger partial charge in [0.25, 0.3) is 0 Å². The molecular weight excluding hydrogens is 188 g/mol. The predicted molar refractivity (Wildman–Crippen MR) is 51.2 cm³/mol. The van der Waals surface area contributed by atoms with Gasteiger partial charge in [0, 0.05) is 12.6 Å². The van der Waals surface area contributed by atoms with Gasteiger partial charge < -0.3 is 5.11 Å². The summed E-state index contributed by atoms with van der Waals surface area (Å²) in [5, 5.41) is 9.87. The fourth-order valence-electron chi connectivity index (χ4n) is 1.39. The minimum atomic E-state index is 0.166. The molecule has 2 aromatic rings. The molecule has 0 atom stereocenters. The summed E-state index contributed by atoms with van der Waals surface area (Å²) < 4.78 is 1.80. The van der Waals surface area contributed by atoms with Gasteiger partial charge >= 0.3 is 0 Å². The van der Waals surface area contributed by atoms with E-state index >= 15 is 0 Å². The number of halogens is 1. The third kappa shape index (κ3) is 1.16. The van der Waals surface area contributed by atoms with E-state index in [1.165, 1.54) is 0 Å². The van der Waals surface area contributed by atoms with Crippen molar-refractivity contribution < 1.29 is 5.11 Å². The van der Waals surface area contributed by atoms with E-state index < -0.39 is 0 Å². The van der Waals surface area contributed by atoms with Gasteiger partial charge in [-0.1, -0.05) is 18.5 Å². The maximum atomic E-state index is 9.52. The maximum absolute atomic E-state index is 9.52. The minimum absolute atomic E-state index is 0.166. The first-order valence-corrected chi connectivity index (χ1v) is 4.46. The summed E-state index contributed by atoms with van der Waals surface area (Å²) in [5.74, 6) is 1.02. The van der Waals surface area contributed by atoms with Crippen LogP contribution in [-0.4, -0.2) is 14.5 Å². The molecule has 0 spiro atoms. The molecule has 0 saturated heterocycles. The first kappa shape index (κ1) is 8.38. The first-order chi connectivity index (χ1) is 6.24. The molecule has 4 heteroatoms. The zero-order chi connectivity index (χ0) is 9.42. The van der Waals surface area contributed by atoms with E-state index in [0.717, 1.165) is 12.2 Å². The van der Waals surface area contributed by atoms with Gasteiger partial charge in [0.05, 0.1) is 0 Å². The minimum Gasteiger partial charge on any atom is -0.506 e. The van der Waals surface area contributed by atoms with E-state index in [2.05, 4.69) is 4.98 Å². The molecule has 1 N–H and O–H groups in total. The largest absolute Gasteiger partial charge is 0.506 e. The van der Waals surface area contributed by atoms with Crippen LogP contribution >= 0.6 is 11.6 Å². The lowest BCUT2D eigenvalue weighted by Crippen LogP contribution is -1.90. The van der Waals surface area contributed by atoms with Crippen molar-refractivity contribution >= 4 is 17.1 Å². The van der Waals surface area contributed by atoms with Crippen LogP contribution in [0, 0.1) is 0 Å². The van der Waals surface area contributed by atoms with E-state index in [1.807, 2.05) is 13.1 Å². The number of aryl methyl sites for hydroxylation is 1. The van der Waals surface area contributed by atoms with Crippen molar-refractivity contribution in [1.29, 1.82) is 0 Å². The number of aromatic nitrogens is 2. The van der Waals surface area contributed by atoms with Crippen LogP contribution in [0.3, 0.4) is 0 Å². The number of fused-ring (bicyclic) bond motifs is 1. The van der Waals surface area contributed by atoms with Crippen LogP contribution in [0.15, 0.2) is 18.3 Å². The van der Waals surface area contributed by atoms with Crippen LogP contribution < -0.4 is 0 Å². The summed E-state index contributed by atoms with van der Waals surface area (Å²) in [6.07, 6.45) is 2.63. The second-order valence-electron chi connectivity index (χ2n) is 2.78. The van der Waals surface area contributed by atoms with Gasteiger partial charge in [-0.2, -0.15) is 0 Å². The molecule has 68 valence electrons. The number of aromatic hydroxyl groups is 1. The molecule has 0 radical (unpaired) electrons. The molecule has 13 heavy (non-hydrogen) atoms. The SMILES string of the molecule is CCc1nc(Cl)c2c(O)cccn12. The van der Waals surface area contributed by atoms with Crippen molar-refractivity contribution in [2.75, 3.05) is 0 Å². The lowest BCUT2D eigenvalue weighted by atomic mass is 10.4. The van der Waals surface area contributed by atoms with Crippen molar-refractivity contribution in [3.05, 3.63) is 29.3 Å². The standard InChI is InChI=1S/C9H9ClN2O/c1-2-7-11-9(10)8-6(13)4-3-5-12(7)8/h3-5,13H,2H2,1H3. The Labute approximate surface area is 80.6 Å². The lowest BCUT2D eigenvalue weighted by molar-refractivity contribution is 0.479. The number of hydrogen-bond acceptors (Lipinski definition) is 2. The molecule has 2 aromatic heterocycles. The molecule has 0 bridgehead atoms. The average Bonchev–Trinajstić information content (AvgIpc) is 2.44. The highest BCUT2D eigenvalue weighted by atomic mass is 35.5. The van der Waals surface area contributed by atoms with E-state index in [-0.39, 0.29) is 5.75 Å². The number of nitrogens with zero attached hydrogens (tertiary/aromatic N) is 2. The Morgan fingerprint density at radius 1 is 1.62 bits per heavy atom. The highest BCUT2D eigenvalue weighted by Crippen LogP contribution is 2.26. The van der Waals surface area contributed by atoms with Gasteiger partial charge in [-0.15, -0.1) is 0 Å². The zero-order valence-electron chi connectivity index (χ0n) is 7.16. The van der Waals surface area contributed by atoms with E-state index in [0.29, 0.717) is 10.7 Å². The van der Waals surface area contributed by atoms with Crippen LogP contribution in [0.4, 0.5) is 0 Å². The third-order valence-corrected chi connectivity index (χ3v) is 2.25. The van der Waals surface area contributed by atoms with Crippen LogP contribution in [0.25, 0.3) is 5.52 Å². The molecule has 2 rings (SSSR count). The van der Waals surface area contributed by atoms with Crippen LogP contribution in [-0.2, 0) is 6.42 Å². The molecule has 0 aromatic carbocycles. The van der Waals surface area contributed by atoms with Gasteiger partial charge in [0.2, 0.25) is 0 Å². The van der Waals surface area contributed by atoms with Crippen molar-refractivity contribution in [2.45, 2.75) is 13.3 Å². The fourth-order valence-corrected chi connectivity index (χ4v) is 1.67. The molecule has 0 fully saturated rings. The van der Waals surface area contributed by atoms with Crippen LogP contribution in [0.1, 0.15) is 12.7 Å². The van der Waals surface area contributed by atoms with Crippen molar-refractivity contribution in [3.8, 4) is 5.75 Å². The summed E-state index contributed by atoms with van der Waals surface area (Å²) in [4.78, 5) is 4.14. The Morgan fingerprint density at radius 2 is 2.38 bits per heavy atom. The summed E-state index contributed by atoms with van der Waals surface area (Å²) in [6, 6.07) is 3.36. The normalized spacial score (nSPS) is 10.9. The molecule has 0 aliphatic rings. The molecule has 0 aliphatic heterocycles. The van der Waals surface area contributed by atoms with E-state index in [4.69, 9.17) is 11.6 Å². The van der Waals surface area contributed by atoms with Gasteiger partial charge in [0.15, 0.2) is 5.15 Å². The van der Waals surface area contributed by atoms with Gasteiger partial charge in [-0.05, 0) is 12.1 Å². The Balaban J connectivity index is 2.87. The van der Waals surface area contributed by atoms with Crippen LogP contribution in [0.5, 0.6) is 5.75 Å². The zero-order valence-corrected chi connectivity index (χ0v) is 7.91. The first-order valence-electron chi connectivity index (χ1n) is 4.08. The lowest BCUT2D eigenvalue weighted by Gasteiger charge is -1.98. The number of pyridine rings is 1. The number of imidazole rings is 1. The molecule has 0 unspecified atom stereocenters. The summed E-state index contributed by atoms with van der Waals surface area (Å²) >= 11 is 5.87. The summed E-state index contributed by atoms with van der Waals surface area (Å²) in [6.45, 7) is 2.00. The van der Waals surface area contributed by atoms with Gasteiger partial charge in [-0.3, -0.25) is 4.40 Å². The van der Waals surface area contributed by atoms with Crippen molar-refractivity contribution in [2.24, 2.45) is 0 Å². The quantitative estimate of drug-likeness (QED) is 0.760. The molecule has 0 amide bonds. The van der Waals surface area contributed by atoms with Crippen molar-refractivity contribution in [3.63, 3.8) is 0 Å². The Hall–Kier alpha value is -1.22. The molecule has 2 heterocycles. The van der Waals surface area contributed by atoms with Crippen molar-refractivity contribution in [1.82, 2.24) is 9.38 Å². The Bertz CT molecular complexity index is 450. The van der Waals surface area contributed by atoms with Gasteiger partial charge in [0.1, 0.15) is 17.1 Å².